The summed E-state index contributed by atoms with van der Waals surface area (Å²) in [4.78, 5) is 25.7. The smallest absolute Gasteiger partial charge is 0.308 e. The molecule has 1 heterocycles. The van der Waals surface area contributed by atoms with Crippen LogP contribution in [0.2, 0.25) is 0 Å². The van der Waals surface area contributed by atoms with E-state index < -0.39 is 11.9 Å². The van der Waals surface area contributed by atoms with Crippen molar-refractivity contribution in [2.75, 3.05) is 19.3 Å². The Labute approximate surface area is 110 Å². The minimum Gasteiger partial charge on any atom is -0.481 e. The van der Waals surface area contributed by atoms with Gasteiger partial charge in [0.1, 0.15) is 0 Å². The molecular formula is C13H15NO3S. The Hall–Kier alpha value is -1.49. The second-order valence-corrected chi connectivity index (χ2v) is 5.18. The van der Waals surface area contributed by atoms with Gasteiger partial charge < -0.3 is 10.0 Å². The van der Waals surface area contributed by atoms with Crippen LogP contribution in [0.1, 0.15) is 16.8 Å². The number of carboxylic acid groups (broad SMARTS) is 1. The molecule has 1 saturated heterocycles. The highest BCUT2D eigenvalue weighted by molar-refractivity contribution is 7.98. The second kappa shape index (κ2) is 5.44. The van der Waals surface area contributed by atoms with Crippen LogP contribution in [0.3, 0.4) is 0 Å². The van der Waals surface area contributed by atoms with E-state index in [1.807, 2.05) is 18.4 Å². The number of nitrogens with zero attached hydrogens (tertiary/aromatic N) is 1. The van der Waals surface area contributed by atoms with Crippen LogP contribution in [0.4, 0.5) is 0 Å². The first kappa shape index (κ1) is 13.0. The lowest BCUT2D eigenvalue weighted by atomic mass is 10.1. The number of carbonyl (C=O) groups excluding carboxylic acids is 1. The predicted molar refractivity (Wildman–Crippen MR) is 69.9 cm³/mol. The molecule has 1 aromatic carbocycles. The predicted octanol–water partition coefficient (Wildman–Crippen LogP) is 1.96. The van der Waals surface area contributed by atoms with Crippen molar-refractivity contribution in [2.45, 2.75) is 11.3 Å². The third-order valence-corrected chi connectivity index (χ3v) is 3.91. The molecule has 0 aromatic heterocycles. The molecule has 1 fully saturated rings. The van der Waals surface area contributed by atoms with Crippen LogP contribution in [0, 0.1) is 5.92 Å². The average molecular weight is 265 g/mol. The van der Waals surface area contributed by atoms with Gasteiger partial charge in [0.2, 0.25) is 0 Å². The third-order valence-electron chi connectivity index (χ3n) is 3.16. The Morgan fingerprint density at radius 1 is 1.33 bits per heavy atom. The molecule has 1 aliphatic rings. The molecule has 18 heavy (non-hydrogen) atoms. The molecule has 2 rings (SSSR count). The van der Waals surface area contributed by atoms with Crippen LogP contribution in [0.15, 0.2) is 29.2 Å². The highest BCUT2D eigenvalue weighted by Gasteiger charge is 2.31. The summed E-state index contributed by atoms with van der Waals surface area (Å²) in [6.45, 7) is 0.846. The summed E-state index contributed by atoms with van der Waals surface area (Å²) in [7, 11) is 0. The van der Waals surface area contributed by atoms with E-state index >= 15 is 0 Å². The molecule has 5 heteroatoms. The number of amides is 1. The van der Waals surface area contributed by atoms with E-state index in [0.717, 1.165) is 4.90 Å². The fourth-order valence-corrected chi connectivity index (χ4v) is 2.47. The van der Waals surface area contributed by atoms with E-state index in [1.54, 1.807) is 28.8 Å². The van der Waals surface area contributed by atoms with Gasteiger partial charge in [-0.2, -0.15) is 0 Å². The molecule has 4 nitrogen and oxygen atoms in total. The Morgan fingerprint density at radius 3 is 2.50 bits per heavy atom. The van der Waals surface area contributed by atoms with Crippen molar-refractivity contribution in [3.05, 3.63) is 29.8 Å². The van der Waals surface area contributed by atoms with Crippen molar-refractivity contribution in [1.82, 2.24) is 4.90 Å². The van der Waals surface area contributed by atoms with Gasteiger partial charge in [0.15, 0.2) is 0 Å². The lowest BCUT2D eigenvalue weighted by Crippen LogP contribution is -2.29. The highest BCUT2D eigenvalue weighted by atomic mass is 32.2. The number of thioether (sulfide) groups is 1. The number of hydrogen-bond donors (Lipinski definition) is 1. The first-order chi connectivity index (χ1) is 8.61. The monoisotopic (exact) mass is 265 g/mol. The number of carbonyl (C=O) groups is 2. The fourth-order valence-electron chi connectivity index (χ4n) is 2.06. The standard InChI is InChI=1S/C13H15NO3S/c1-18-11-4-2-9(3-5-11)12(15)14-7-6-10(8-14)13(16)17/h2-5,10H,6-8H2,1H3,(H,16,17). The van der Waals surface area contributed by atoms with Crippen LogP contribution < -0.4 is 0 Å². The summed E-state index contributed by atoms with van der Waals surface area (Å²) in [5.74, 6) is -1.31. The van der Waals surface area contributed by atoms with Crippen molar-refractivity contribution < 1.29 is 14.7 Å². The highest BCUT2D eigenvalue weighted by Crippen LogP contribution is 2.20. The van der Waals surface area contributed by atoms with E-state index in [9.17, 15) is 9.59 Å². The number of rotatable bonds is 3. The van der Waals surface area contributed by atoms with Gasteiger partial charge in [0, 0.05) is 23.5 Å². The number of hydrogen-bond acceptors (Lipinski definition) is 3. The van der Waals surface area contributed by atoms with E-state index in [4.69, 9.17) is 5.11 Å². The van der Waals surface area contributed by atoms with Crippen molar-refractivity contribution in [3.8, 4) is 0 Å². The lowest BCUT2D eigenvalue weighted by Gasteiger charge is -2.15. The maximum absolute atomic E-state index is 12.1. The SMILES string of the molecule is CSc1ccc(C(=O)N2CCC(C(=O)O)C2)cc1. The van der Waals surface area contributed by atoms with Gasteiger partial charge >= 0.3 is 5.97 Å². The molecule has 1 N–H and O–H groups in total. The first-order valence-corrected chi connectivity index (χ1v) is 7.00. The zero-order valence-electron chi connectivity index (χ0n) is 10.1. The van der Waals surface area contributed by atoms with E-state index in [0.29, 0.717) is 25.1 Å². The maximum atomic E-state index is 12.1. The van der Waals surface area contributed by atoms with E-state index in [1.165, 1.54) is 0 Å². The van der Waals surface area contributed by atoms with Gasteiger partial charge in [-0.1, -0.05) is 0 Å². The molecular weight excluding hydrogens is 250 g/mol. The molecule has 1 aliphatic heterocycles. The summed E-state index contributed by atoms with van der Waals surface area (Å²) in [5.41, 5.74) is 0.624. The zero-order valence-corrected chi connectivity index (χ0v) is 10.9. The Morgan fingerprint density at radius 2 is 2.00 bits per heavy atom. The molecule has 0 aliphatic carbocycles. The molecule has 0 bridgehead atoms. The number of aliphatic carboxylic acids is 1. The van der Waals surface area contributed by atoms with Crippen molar-refractivity contribution >= 4 is 23.6 Å². The summed E-state index contributed by atoms with van der Waals surface area (Å²) in [5, 5.41) is 8.91. The molecule has 0 saturated carbocycles. The summed E-state index contributed by atoms with van der Waals surface area (Å²) in [6.07, 6.45) is 2.53. The minimum absolute atomic E-state index is 0.0774. The number of carboxylic acids is 1. The van der Waals surface area contributed by atoms with Crippen molar-refractivity contribution in [3.63, 3.8) is 0 Å². The van der Waals surface area contributed by atoms with Crippen LogP contribution >= 0.6 is 11.8 Å². The van der Waals surface area contributed by atoms with Gasteiger partial charge in [-0.15, -0.1) is 11.8 Å². The van der Waals surface area contributed by atoms with Crippen LogP contribution in [-0.4, -0.2) is 41.2 Å². The topological polar surface area (TPSA) is 57.6 Å². The third kappa shape index (κ3) is 2.67. The zero-order chi connectivity index (χ0) is 13.1. The van der Waals surface area contributed by atoms with Crippen molar-refractivity contribution in [1.29, 1.82) is 0 Å². The first-order valence-electron chi connectivity index (χ1n) is 5.78. The Kier molecular flexibility index (Phi) is 3.91. The van der Waals surface area contributed by atoms with Gasteiger partial charge in [0.25, 0.3) is 5.91 Å². The second-order valence-electron chi connectivity index (χ2n) is 4.30. The minimum atomic E-state index is -0.817. The largest absolute Gasteiger partial charge is 0.481 e. The molecule has 0 radical (unpaired) electrons. The normalized spacial score (nSPS) is 18.9. The van der Waals surface area contributed by atoms with E-state index in [2.05, 4.69) is 0 Å². The molecule has 1 unspecified atom stereocenters. The van der Waals surface area contributed by atoms with Gasteiger partial charge in [-0.25, -0.2) is 0 Å². The van der Waals surface area contributed by atoms with E-state index in [-0.39, 0.29) is 5.91 Å². The van der Waals surface area contributed by atoms with Crippen LogP contribution in [-0.2, 0) is 4.79 Å². The summed E-state index contributed by atoms with van der Waals surface area (Å²) in [6, 6.07) is 7.40. The molecule has 96 valence electrons. The fraction of sp³-hybridized carbons (Fsp3) is 0.385. The Balaban J connectivity index is 2.05. The van der Waals surface area contributed by atoms with Gasteiger partial charge in [-0.3, -0.25) is 9.59 Å². The maximum Gasteiger partial charge on any atom is 0.308 e. The summed E-state index contributed by atoms with van der Waals surface area (Å²) >= 11 is 1.62. The molecule has 0 spiro atoms. The Bertz CT molecular complexity index is 458. The average Bonchev–Trinajstić information content (AvgIpc) is 2.88. The van der Waals surface area contributed by atoms with Crippen LogP contribution in [0.25, 0.3) is 0 Å². The number of benzene rings is 1. The van der Waals surface area contributed by atoms with Crippen LogP contribution in [0.5, 0.6) is 0 Å². The van der Waals surface area contributed by atoms with Crippen molar-refractivity contribution in [2.24, 2.45) is 5.92 Å². The number of likely N-dealkylation sites (tertiary alicyclic amines) is 1. The molecule has 1 amide bonds. The quantitative estimate of drug-likeness (QED) is 0.849. The van der Waals surface area contributed by atoms with Gasteiger partial charge in [0.05, 0.1) is 5.92 Å². The van der Waals surface area contributed by atoms with Gasteiger partial charge in [-0.05, 0) is 36.9 Å². The summed E-state index contributed by atoms with van der Waals surface area (Å²) < 4.78 is 0. The lowest BCUT2D eigenvalue weighted by molar-refractivity contribution is -0.141. The molecule has 1 atom stereocenters. The molecule has 1 aromatic rings.